The van der Waals surface area contributed by atoms with Crippen LogP contribution in [-0.2, 0) is 7.05 Å². The van der Waals surface area contributed by atoms with Gasteiger partial charge < -0.3 is 0 Å². The van der Waals surface area contributed by atoms with Crippen molar-refractivity contribution >= 4 is 32.8 Å². The van der Waals surface area contributed by atoms with Crippen molar-refractivity contribution < 1.29 is 0 Å². The summed E-state index contributed by atoms with van der Waals surface area (Å²) in [6.45, 7) is 2.03. The molecular formula is C27H20N4O. The maximum absolute atomic E-state index is 13.2. The lowest BCUT2D eigenvalue weighted by atomic mass is 10.0. The first-order chi connectivity index (χ1) is 15.6. The van der Waals surface area contributed by atoms with Gasteiger partial charge in [0.1, 0.15) is 0 Å². The molecular weight excluding hydrogens is 396 g/mol. The van der Waals surface area contributed by atoms with E-state index in [9.17, 15) is 4.79 Å². The van der Waals surface area contributed by atoms with Gasteiger partial charge in [0, 0.05) is 29.6 Å². The van der Waals surface area contributed by atoms with Gasteiger partial charge in [-0.3, -0.25) is 19.1 Å². The average molecular weight is 416 g/mol. The number of benzene rings is 3. The van der Waals surface area contributed by atoms with Crippen molar-refractivity contribution in [2.45, 2.75) is 6.92 Å². The second kappa shape index (κ2) is 6.89. The Hall–Kier alpha value is -4.25. The summed E-state index contributed by atoms with van der Waals surface area (Å²) in [5.41, 5.74) is 7.43. The van der Waals surface area contributed by atoms with Crippen LogP contribution in [-0.4, -0.2) is 19.1 Å². The Balaban J connectivity index is 1.67. The van der Waals surface area contributed by atoms with Gasteiger partial charge in [0.05, 0.1) is 34.0 Å². The van der Waals surface area contributed by atoms with Crippen LogP contribution in [0.3, 0.4) is 0 Å². The van der Waals surface area contributed by atoms with E-state index < -0.39 is 0 Å². The molecule has 5 heteroatoms. The fraction of sp³-hybridized carbons (Fsp3) is 0.0741. The van der Waals surface area contributed by atoms with Gasteiger partial charge in [-0.05, 0) is 54.4 Å². The highest BCUT2D eigenvalue weighted by atomic mass is 16.1. The minimum Gasteiger partial charge on any atom is -0.293 e. The Morgan fingerprint density at radius 2 is 1.62 bits per heavy atom. The van der Waals surface area contributed by atoms with Gasteiger partial charge in [-0.15, -0.1) is 0 Å². The SMILES string of the molecule is Cc1cccc(-n2c(=O)n(C)c3cnc4ccc(-c5cnc6ccccc6c5)cc4c32)c1. The summed E-state index contributed by atoms with van der Waals surface area (Å²) in [5, 5.41) is 2.03. The molecule has 6 rings (SSSR count). The third-order valence-electron chi connectivity index (χ3n) is 6.07. The van der Waals surface area contributed by atoms with Gasteiger partial charge >= 0.3 is 5.69 Å². The van der Waals surface area contributed by atoms with Gasteiger partial charge in [-0.2, -0.15) is 0 Å². The molecule has 0 spiro atoms. The standard InChI is InChI=1S/C27H20N4O/c1-17-6-5-8-21(12-17)31-26-22-14-18(20-13-19-7-3-4-9-23(19)28-15-20)10-11-24(22)29-16-25(26)30(2)27(31)32/h3-16H,1-2H3. The molecule has 3 aromatic carbocycles. The molecule has 0 N–H and O–H groups in total. The van der Waals surface area contributed by atoms with E-state index in [2.05, 4.69) is 34.2 Å². The van der Waals surface area contributed by atoms with Crippen LogP contribution in [0, 0.1) is 6.92 Å². The summed E-state index contributed by atoms with van der Waals surface area (Å²) in [5.74, 6) is 0. The molecule has 0 radical (unpaired) electrons. The van der Waals surface area contributed by atoms with Crippen LogP contribution < -0.4 is 5.69 Å². The summed E-state index contributed by atoms with van der Waals surface area (Å²) in [6, 6.07) is 24.4. The quantitative estimate of drug-likeness (QED) is 0.380. The smallest absolute Gasteiger partial charge is 0.293 e. The molecule has 0 aliphatic carbocycles. The zero-order chi connectivity index (χ0) is 21.8. The van der Waals surface area contributed by atoms with Crippen molar-refractivity contribution in [1.29, 1.82) is 0 Å². The fourth-order valence-corrected chi connectivity index (χ4v) is 4.41. The van der Waals surface area contributed by atoms with Crippen molar-refractivity contribution in [2.24, 2.45) is 7.05 Å². The number of fused-ring (bicyclic) bond motifs is 4. The molecule has 0 saturated heterocycles. The monoisotopic (exact) mass is 416 g/mol. The van der Waals surface area contributed by atoms with Crippen molar-refractivity contribution in [1.82, 2.24) is 19.1 Å². The van der Waals surface area contributed by atoms with Crippen molar-refractivity contribution in [2.75, 3.05) is 0 Å². The van der Waals surface area contributed by atoms with E-state index in [0.29, 0.717) is 0 Å². The summed E-state index contributed by atoms with van der Waals surface area (Å²) in [6.07, 6.45) is 3.68. The van der Waals surface area contributed by atoms with Crippen molar-refractivity contribution in [3.05, 3.63) is 101 Å². The Morgan fingerprint density at radius 3 is 2.50 bits per heavy atom. The number of hydrogen-bond donors (Lipinski definition) is 0. The van der Waals surface area contributed by atoms with Crippen LogP contribution in [0.25, 0.3) is 49.7 Å². The second-order valence-corrected chi connectivity index (χ2v) is 8.16. The zero-order valence-corrected chi connectivity index (χ0v) is 17.8. The third-order valence-corrected chi connectivity index (χ3v) is 6.07. The van der Waals surface area contributed by atoms with Gasteiger partial charge in [0.15, 0.2) is 0 Å². The molecule has 6 aromatic rings. The predicted octanol–water partition coefficient (Wildman–Crippen LogP) is 5.40. The first-order valence-corrected chi connectivity index (χ1v) is 10.5. The number of rotatable bonds is 2. The van der Waals surface area contributed by atoms with Gasteiger partial charge in [0.2, 0.25) is 0 Å². The maximum atomic E-state index is 13.2. The highest BCUT2D eigenvalue weighted by Gasteiger charge is 2.17. The molecule has 154 valence electrons. The van der Waals surface area contributed by atoms with E-state index in [0.717, 1.165) is 55.2 Å². The second-order valence-electron chi connectivity index (χ2n) is 8.16. The number of aryl methyl sites for hydroxylation is 2. The molecule has 0 atom stereocenters. The fourth-order valence-electron chi connectivity index (χ4n) is 4.41. The molecule has 3 heterocycles. The van der Waals surface area contributed by atoms with Gasteiger partial charge in [-0.25, -0.2) is 4.79 Å². The van der Waals surface area contributed by atoms with E-state index in [1.807, 2.05) is 61.7 Å². The number of pyridine rings is 2. The Morgan fingerprint density at radius 1 is 0.781 bits per heavy atom. The van der Waals surface area contributed by atoms with Gasteiger partial charge in [0.25, 0.3) is 0 Å². The highest BCUT2D eigenvalue weighted by Crippen LogP contribution is 2.30. The highest BCUT2D eigenvalue weighted by molar-refractivity contribution is 6.04. The molecule has 32 heavy (non-hydrogen) atoms. The van der Waals surface area contributed by atoms with E-state index in [1.165, 1.54) is 0 Å². The van der Waals surface area contributed by atoms with Crippen molar-refractivity contribution in [3.63, 3.8) is 0 Å². The molecule has 0 saturated carbocycles. The summed E-state index contributed by atoms with van der Waals surface area (Å²) < 4.78 is 3.45. The Bertz CT molecular complexity index is 1730. The molecule has 0 unspecified atom stereocenters. The third kappa shape index (κ3) is 2.75. The largest absolute Gasteiger partial charge is 0.333 e. The lowest BCUT2D eigenvalue weighted by molar-refractivity contribution is 0.845. The number of hydrogen-bond acceptors (Lipinski definition) is 3. The van der Waals surface area contributed by atoms with E-state index >= 15 is 0 Å². The van der Waals surface area contributed by atoms with Crippen LogP contribution >= 0.6 is 0 Å². The van der Waals surface area contributed by atoms with Crippen LogP contribution in [0.5, 0.6) is 0 Å². The zero-order valence-electron chi connectivity index (χ0n) is 17.8. The van der Waals surface area contributed by atoms with E-state index in [1.54, 1.807) is 22.4 Å². The summed E-state index contributed by atoms with van der Waals surface area (Å²) >= 11 is 0. The molecule has 0 amide bonds. The topological polar surface area (TPSA) is 52.7 Å². The van der Waals surface area contributed by atoms with Crippen LogP contribution in [0.15, 0.2) is 90.0 Å². The predicted molar refractivity (Wildman–Crippen MR) is 129 cm³/mol. The molecule has 0 fully saturated rings. The molecule has 5 nitrogen and oxygen atoms in total. The van der Waals surface area contributed by atoms with Crippen LogP contribution in [0.4, 0.5) is 0 Å². The minimum atomic E-state index is -0.0855. The minimum absolute atomic E-state index is 0.0855. The lowest BCUT2D eigenvalue weighted by Gasteiger charge is -2.09. The molecule has 0 aliphatic heterocycles. The summed E-state index contributed by atoms with van der Waals surface area (Å²) in [4.78, 5) is 22.5. The first-order valence-electron chi connectivity index (χ1n) is 10.5. The number of nitrogens with zero attached hydrogens (tertiary/aromatic N) is 4. The Labute approximate surface area is 184 Å². The molecule has 3 aromatic heterocycles. The van der Waals surface area contributed by atoms with Crippen LogP contribution in [0.2, 0.25) is 0 Å². The average Bonchev–Trinajstić information content (AvgIpc) is 3.09. The van der Waals surface area contributed by atoms with Crippen LogP contribution in [0.1, 0.15) is 5.56 Å². The molecule has 0 aliphatic rings. The lowest BCUT2D eigenvalue weighted by Crippen LogP contribution is -2.20. The maximum Gasteiger partial charge on any atom is 0.333 e. The van der Waals surface area contributed by atoms with E-state index in [-0.39, 0.29) is 5.69 Å². The normalized spacial score (nSPS) is 11.6. The van der Waals surface area contributed by atoms with Gasteiger partial charge in [-0.1, -0.05) is 36.4 Å². The van der Waals surface area contributed by atoms with E-state index in [4.69, 9.17) is 0 Å². The Kier molecular flexibility index (Phi) is 3.98. The van der Waals surface area contributed by atoms with Crippen molar-refractivity contribution in [3.8, 4) is 16.8 Å². The molecule has 0 bridgehead atoms. The summed E-state index contributed by atoms with van der Waals surface area (Å²) in [7, 11) is 1.79. The first kappa shape index (κ1) is 18.5. The number of para-hydroxylation sites is 1. The number of aromatic nitrogens is 4. The number of imidazole rings is 1.